The first-order chi connectivity index (χ1) is 13.8. The fourth-order valence-corrected chi connectivity index (χ4v) is 3.95. The van der Waals surface area contributed by atoms with Crippen molar-refractivity contribution in [2.24, 2.45) is 0 Å². The minimum atomic E-state index is 0.716. The lowest BCUT2D eigenvalue weighted by Gasteiger charge is -2.29. The van der Waals surface area contributed by atoms with Crippen LogP contribution in [0.15, 0.2) is 54.7 Å². The second-order valence-corrected chi connectivity index (χ2v) is 7.76. The van der Waals surface area contributed by atoms with Gasteiger partial charge in [-0.05, 0) is 68.1 Å². The molecule has 0 aliphatic carbocycles. The van der Waals surface area contributed by atoms with E-state index in [0.717, 1.165) is 36.1 Å². The molecule has 1 aliphatic heterocycles. The molecule has 4 rings (SSSR count). The first-order valence-electron chi connectivity index (χ1n) is 10.2. The van der Waals surface area contributed by atoms with Gasteiger partial charge in [-0.25, -0.2) is 0 Å². The number of aromatic nitrogens is 1. The SMILES string of the molecule is Clc1ccc2c(NCCCNc3cccc(N4CCCCC4)c3)ccnc2c1. The lowest BCUT2D eigenvalue weighted by atomic mass is 10.1. The molecule has 0 bridgehead atoms. The summed E-state index contributed by atoms with van der Waals surface area (Å²) in [6.45, 7) is 4.20. The molecule has 0 spiro atoms. The maximum Gasteiger partial charge on any atom is 0.0737 e. The summed E-state index contributed by atoms with van der Waals surface area (Å²) in [4.78, 5) is 6.89. The van der Waals surface area contributed by atoms with Crippen molar-refractivity contribution in [3.63, 3.8) is 0 Å². The highest BCUT2D eigenvalue weighted by Crippen LogP contribution is 2.25. The molecular formula is C23H27ClN4. The van der Waals surface area contributed by atoms with Crippen molar-refractivity contribution in [2.75, 3.05) is 41.7 Å². The highest BCUT2D eigenvalue weighted by Gasteiger charge is 2.10. The maximum absolute atomic E-state index is 6.06. The van der Waals surface area contributed by atoms with Crippen molar-refractivity contribution in [1.82, 2.24) is 4.98 Å². The van der Waals surface area contributed by atoms with E-state index < -0.39 is 0 Å². The first-order valence-corrected chi connectivity index (χ1v) is 10.5. The van der Waals surface area contributed by atoms with Gasteiger partial charge in [0.05, 0.1) is 5.52 Å². The molecule has 28 heavy (non-hydrogen) atoms. The van der Waals surface area contributed by atoms with E-state index >= 15 is 0 Å². The van der Waals surface area contributed by atoms with Crippen LogP contribution in [0.25, 0.3) is 10.9 Å². The van der Waals surface area contributed by atoms with Gasteiger partial charge in [-0.15, -0.1) is 0 Å². The zero-order valence-electron chi connectivity index (χ0n) is 16.1. The molecule has 0 unspecified atom stereocenters. The molecule has 0 saturated carbocycles. The van der Waals surface area contributed by atoms with Crippen LogP contribution in [0.4, 0.5) is 17.1 Å². The van der Waals surface area contributed by atoms with Crippen LogP contribution in [0.2, 0.25) is 5.02 Å². The molecule has 2 N–H and O–H groups in total. The summed E-state index contributed by atoms with van der Waals surface area (Å²) >= 11 is 6.06. The second kappa shape index (κ2) is 9.16. The van der Waals surface area contributed by atoms with Crippen molar-refractivity contribution in [1.29, 1.82) is 0 Å². The van der Waals surface area contributed by atoms with E-state index in [-0.39, 0.29) is 0 Å². The Morgan fingerprint density at radius 3 is 2.68 bits per heavy atom. The van der Waals surface area contributed by atoms with Gasteiger partial charge in [-0.2, -0.15) is 0 Å². The van der Waals surface area contributed by atoms with Crippen LogP contribution < -0.4 is 15.5 Å². The Morgan fingerprint density at radius 1 is 0.929 bits per heavy atom. The number of hydrogen-bond acceptors (Lipinski definition) is 4. The summed E-state index contributed by atoms with van der Waals surface area (Å²) in [6, 6.07) is 16.7. The van der Waals surface area contributed by atoms with Crippen LogP contribution >= 0.6 is 11.6 Å². The van der Waals surface area contributed by atoms with E-state index in [1.807, 2.05) is 30.5 Å². The number of benzene rings is 2. The molecule has 1 fully saturated rings. The number of nitrogens with one attached hydrogen (secondary N) is 2. The molecule has 4 nitrogen and oxygen atoms in total. The fraction of sp³-hybridized carbons (Fsp3) is 0.348. The fourth-order valence-electron chi connectivity index (χ4n) is 3.78. The average molecular weight is 395 g/mol. The molecular weight excluding hydrogens is 368 g/mol. The van der Waals surface area contributed by atoms with Gasteiger partial charge in [0, 0.05) is 59.8 Å². The summed E-state index contributed by atoms with van der Waals surface area (Å²) in [7, 11) is 0. The predicted molar refractivity (Wildman–Crippen MR) is 121 cm³/mol. The van der Waals surface area contributed by atoms with Gasteiger partial charge in [-0.3, -0.25) is 4.98 Å². The highest BCUT2D eigenvalue weighted by molar-refractivity contribution is 6.31. The lowest BCUT2D eigenvalue weighted by molar-refractivity contribution is 0.578. The van der Waals surface area contributed by atoms with Gasteiger partial charge in [-0.1, -0.05) is 17.7 Å². The number of hydrogen-bond donors (Lipinski definition) is 2. The van der Waals surface area contributed by atoms with Gasteiger partial charge in [0.1, 0.15) is 0 Å². The molecule has 1 aromatic heterocycles. The van der Waals surface area contributed by atoms with Crippen LogP contribution in [0.1, 0.15) is 25.7 Å². The van der Waals surface area contributed by atoms with E-state index in [9.17, 15) is 0 Å². The Kier molecular flexibility index (Phi) is 6.17. The Hall–Kier alpha value is -2.46. The van der Waals surface area contributed by atoms with Crippen LogP contribution in [0, 0.1) is 0 Å². The summed E-state index contributed by atoms with van der Waals surface area (Å²) in [6.07, 6.45) is 6.83. The van der Waals surface area contributed by atoms with E-state index in [0.29, 0.717) is 5.02 Å². The van der Waals surface area contributed by atoms with E-state index in [1.165, 1.54) is 43.7 Å². The number of piperidine rings is 1. The minimum absolute atomic E-state index is 0.716. The van der Waals surface area contributed by atoms with Gasteiger partial charge in [0.25, 0.3) is 0 Å². The van der Waals surface area contributed by atoms with Gasteiger partial charge in [0.15, 0.2) is 0 Å². The lowest BCUT2D eigenvalue weighted by Crippen LogP contribution is -2.29. The smallest absolute Gasteiger partial charge is 0.0737 e. The number of fused-ring (bicyclic) bond motifs is 1. The van der Waals surface area contributed by atoms with E-state index in [1.54, 1.807) is 0 Å². The van der Waals surface area contributed by atoms with Crippen molar-refractivity contribution in [2.45, 2.75) is 25.7 Å². The van der Waals surface area contributed by atoms with Crippen molar-refractivity contribution < 1.29 is 0 Å². The largest absolute Gasteiger partial charge is 0.385 e. The molecule has 2 aromatic carbocycles. The second-order valence-electron chi connectivity index (χ2n) is 7.33. The van der Waals surface area contributed by atoms with Crippen molar-refractivity contribution in [3.8, 4) is 0 Å². The zero-order chi connectivity index (χ0) is 19.2. The molecule has 1 saturated heterocycles. The Bertz CT molecular complexity index is 921. The third kappa shape index (κ3) is 4.68. The van der Waals surface area contributed by atoms with Crippen LogP contribution in [-0.4, -0.2) is 31.2 Å². The van der Waals surface area contributed by atoms with Crippen molar-refractivity contribution in [3.05, 3.63) is 59.8 Å². The Morgan fingerprint density at radius 2 is 1.79 bits per heavy atom. The number of halogens is 1. The van der Waals surface area contributed by atoms with Crippen LogP contribution in [0.3, 0.4) is 0 Å². The topological polar surface area (TPSA) is 40.2 Å². The third-order valence-corrected chi connectivity index (χ3v) is 5.51. The molecule has 1 aliphatic rings. The Balaban J connectivity index is 1.27. The average Bonchev–Trinajstić information content (AvgIpc) is 2.74. The van der Waals surface area contributed by atoms with Crippen molar-refractivity contribution >= 4 is 39.6 Å². The zero-order valence-corrected chi connectivity index (χ0v) is 16.9. The summed E-state index contributed by atoms with van der Waals surface area (Å²) in [5.41, 5.74) is 4.57. The van der Waals surface area contributed by atoms with Crippen LogP contribution in [-0.2, 0) is 0 Å². The molecule has 0 amide bonds. The molecule has 0 radical (unpaired) electrons. The molecule has 0 atom stereocenters. The highest BCUT2D eigenvalue weighted by atomic mass is 35.5. The van der Waals surface area contributed by atoms with E-state index in [2.05, 4.69) is 44.8 Å². The molecule has 5 heteroatoms. The number of pyridine rings is 1. The standard InChI is InChI=1S/C23H27ClN4/c24-18-8-9-21-22(10-13-27-23(21)16-18)26-12-5-11-25-19-6-4-7-20(17-19)28-14-2-1-3-15-28/h4,6-10,13,16-17,25H,1-3,5,11-12,14-15H2,(H,26,27). The minimum Gasteiger partial charge on any atom is -0.385 e. The maximum atomic E-state index is 6.06. The first kappa shape index (κ1) is 18.9. The summed E-state index contributed by atoms with van der Waals surface area (Å²) in [5, 5.41) is 8.91. The number of rotatable bonds is 7. The summed E-state index contributed by atoms with van der Waals surface area (Å²) < 4.78 is 0. The third-order valence-electron chi connectivity index (χ3n) is 5.27. The molecule has 146 valence electrons. The molecule has 2 heterocycles. The monoisotopic (exact) mass is 394 g/mol. The van der Waals surface area contributed by atoms with Gasteiger partial charge >= 0.3 is 0 Å². The Labute approximate surface area is 171 Å². The van der Waals surface area contributed by atoms with E-state index in [4.69, 9.17) is 11.6 Å². The quantitative estimate of drug-likeness (QED) is 0.497. The number of nitrogens with zero attached hydrogens (tertiary/aromatic N) is 2. The van der Waals surface area contributed by atoms with Crippen LogP contribution in [0.5, 0.6) is 0 Å². The number of anilines is 3. The predicted octanol–water partition coefficient (Wildman–Crippen LogP) is 5.79. The molecule has 3 aromatic rings. The van der Waals surface area contributed by atoms with Gasteiger partial charge in [0.2, 0.25) is 0 Å². The normalized spacial score (nSPS) is 14.2. The summed E-state index contributed by atoms with van der Waals surface area (Å²) in [5.74, 6) is 0. The van der Waals surface area contributed by atoms with Gasteiger partial charge < -0.3 is 15.5 Å².